The fourth-order valence-corrected chi connectivity index (χ4v) is 2.05. The van der Waals surface area contributed by atoms with Crippen LogP contribution in [0.1, 0.15) is 46.0 Å². The molecule has 17 heavy (non-hydrogen) atoms. The van der Waals surface area contributed by atoms with E-state index in [0.717, 1.165) is 44.9 Å². The summed E-state index contributed by atoms with van der Waals surface area (Å²) >= 11 is 0. The Kier molecular flexibility index (Phi) is 6.52. The molecule has 0 spiro atoms. The van der Waals surface area contributed by atoms with Crippen molar-refractivity contribution in [2.75, 3.05) is 19.6 Å². The van der Waals surface area contributed by atoms with E-state index < -0.39 is 0 Å². The third-order valence-corrected chi connectivity index (χ3v) is 3.37. The summed E-state index contributed by atoms with van der Waals surface area (Å²) in [6, 6.07) is 0.441. The van der Waals surface area contributed by atoms with Gasteiger partial charge in [0.25, 0.3) is 0 Å². The highest BCUT2D eigenvalue weighted by atomic mass is 16.2. The molecule has 0 bridgehead atoms. The average Bonchev–Trinajstić information content (AvgIpc) is 3.15. The van der Waals surface area contributed by atoms with Crippen molar-refractivity contribution in [3.05, 3.63) is 0 Å². The van der Waals surface area contributed by atoms with Crippen LogP contribution in [0.5, 0.6) is 0 Å². The van der Waals surface area contributed by atoms with E-state index in [1.54, 1.807) is 0 Å². The van der Waals surface area contributed by atoms with E-state index in [2.05, 4.69) is 24.1 Å². The molecular formula is C13H27N3O. The molecule has 0 heterocycles. The van der Waals surface area contributed by atoms with Gasteiger partial charge in [0.2, 0.25) is 5.91 Å². The van der Waals surface area contributed by atoms with Crippen LogP contribution in [0, 0.1) is 0 Å². The highest BCUT2D eigenvalue weighted by Crippen LogP contribution is 2.25. The summed E-state index contributed by atoms with van der Waals surface area (Å²) in [5, 5.41) is 2.93. The lowest BCUT2D eigenvalue weighted by Gasteiger charge is -2.20. The van der Waals surface area contributed by atoms with Crippen LogP contribution < -0.4 is 11.1 Å². The maximum absolute atomic E-state index is 11.6. The summed E-state index contributed by atoms with van der Waals surface area (Å²) in [4.78, 5) is 14.1. The summed E-state index contributed by atoms with van der Waals surface area (Å²) in [7, 11) is 0. The average molecular weight is 241 g/mol. The van der Waals surface area contributed by atoms with Crippen molar-refractivity contribution >= 4 is 5.91 Å². The first-order valence-corrected chi connectivity index (χ1v) is 6.96. The molecule has 1 saturated carbocycles. The van der Waals surface area contributed by atoms with Crippen molar-refractivity contribution in [2.24, 2.45) is 5.73 Å². The Morgan fingerprint density at radius 3 is 2.71 bits per heavy atom. The summed E-state index contributed by atoms with van der Waals surface area (Å²) in [6.45, 7) is 7.03. The smallest absolute Gasteiger partial charge is 0.236 e. The Balaban J connectivity index is 2.09. The van der Waals surface area contributed by atoms with E-state index in [0.29, 0.717) is 0 Å². The number of carbonyl (C=O) groups excluding carboxylic acids is 1. The van der Waals surface area contributed by atoms with Gasteiger partial charge in [-0.1, -0.05) is 26.7 Å². The highest BCUT2D eigenvalue weighted by molar-refractivity contribution is 5.81. The number of amides is 1. The van der Waals surface area contributed by atoms with Crippen LogP contribution in [-0.4, -0.2) is 42.5 Å². The van der Waals surface area contributed by atoms with Gasteiger partial charge < -0.3 is 11.1 Å². The Morgan fingerprint density at radius 2 is 2.18 bits per heavy atom. The molecule has 0 aromatic heterocycles. The summed E-state index contributed by atoms with van der Waals surface area (Å²) < 4.78 is 0. The van der Waals surface area contributed by atoms with Gasteiger partial charge >= 0.3 is 0 Å². The molecule has 1 rings (SSSR count). The zero-order chi connectivity index (χ0) is 12.7. The Bertz CT molecular complexity index is 229. The molecule has 0 aromatic carbocycles. The number of unbranched alkanes of at least 4 members (excludes halogenated alkanes) is 1. The number of carbonyl (C=O) groups is 1. The molecule has 1 fully saturated rings. The molecular weight excluding hydrogens is 214 g/mol. The van der Waals surface area contributed by atoms with Crippen molar-refractivity contribution in [3.8, 4) is 0 Å². The van der Waals surface area contributed by atoms with Gasteiger partial charge in [-0.3, -0.25) is 9.69 Å². The van der Waals surface area contributed by atoms with Gasteiger partial charge in [-0.15, -0.1) is 0 Å². The first kappa shape index (κ1) is 14.5. The molecule has 1 aliphatic rings. The van der Waals surface area contributed by atoms with E-state index in [4.69, 9.17) is 5.73 Å². The van der Waals surface area contributed by atoms with Crippen LogP contribution in [0.3, 0.4) is 0 Å². The van der Waals surface area contributed by atoms with Gasteiger partial charge in [-0.2, -0.15) is 0 Å². The van der Waals surface area contributed by atoms with E-state index >= 15 is 0 Å². The Hall–Kier alpha value is -0.610. The fourth-order valence-electron chi connectivity index (χ4n) is 2.05. The first-order valence-electron chi connectivity index (χ1n) is 6.96. The monoisotopic (exact) mass is 241 g/mol. The van der Waals surface area contributed by atoms with E-state index in [9.17, 15) is 4.79 Å². The minimum atomic E-state index is -0.328. The lowest BCUT2D eigenvalue weighted by molar-refractivity contribution is -0.122. The molecule has 3 N–H and O–H groups in total. The third-order valence-electron chi connectivity index (χ3n) is 3.37. The van der Waals surface area contributed by atoms with Crippen LogP contribution in [0.25, 0.3) is 0 Å². The van der Waals surface area contributed by atoms with Crippen LogP contribution >= 0.6 is 0 Å². The van der Waals surface area contributed by atoms with Gasteiger partial charge in [0, 0.05) is 19.1 Å². The zero-order valence-corrected chi connectivity index (χ0v) is 11.2. The Morgan fingerprint density at radius 1 is 1.47 bits per heavy atom. The van der Waals surface area contributed by atoms with Crippen LogP contribution in [0.2, 0.25) is 0 Å². The molecule has 0 aliphatic heterocycles. The lowest BCUT2D eigenvalue weighted by atomic mass is 10.1. The number of likely N-dealkylation sites (N-methyl/N-ethyl adjacent to an activating group) is 1. The minimum absolute atomic E-state index is 0.00491. The SMILES string of the molecule is CCCC[C@H](N)C(=O)NCCN(CC)C1CC1. The van der Waals surface area contributed by atoms with Gasteiger partial charge in [0.15, 0.2) is 0 Å². The molecule has 0 unspecified atom stereocenters. The minimum Gasteiger partial charge on any atom is -0.353 e. The van der Waals surface area contributed by atoms with Gasteiger partial charge in [-0.05, 0) is 25.8 Å². The molecule has 4 nitrogen and oxygen atoms in total. The zero-order valence-electron chi connectivity index (χ0n) is 11.2. The molecule has 0 saturated heterocycles. The standard InChI is InChI=1S/C13H27N3O/c1-3-5-6-12(14)13(17)15-9-10-16(4-2)11-7-8-11/h11-12H,3-10,14H2,1-2H3,(H,15,17)/t12-/m0/s1. The van der Waals surface area contributed by atoms with Crippen molar-refractivity contribution in [1.82, 2.24) is 10.2 Å². The van der Waals surface area contributed by atoms with Crippen LogP contribution in [0.15, 0.2) is 0 Å². The fraction of sp³-hybridized carbons (Fsp3) is 0.923. The summed E-state index contributed by atoms with van der Waals surface area (Å²) in [6.07, 6.45) is 5.54. The van der Waals surface area contributed by atoms with E-state index in [-0.39, 0.29) is 11.9 Å². The van der Waals surface area contributed by atoms with E-state index in [1.165, 1.54) is 12.8 Å². The number of hydrogen-bond donors (Lipinski definition) is 2. The maximum atomic E-state index is 11.6. The second-order valence-corrected chi connectivity index (χ2v) is 4.90. The number of rotatable bonds is 9. The normalized spacial score (nSPS) is 17.2. The third kappa shape index (κ3) is 5.50. The molecule has 1 aliphatic carbocycles. The highest BCUT2D eigenvalue weighted by Gasteiger charge is 2.27. The summed E-state index contributed by atoms with van der Waals surface area (Å²) in [5.41, 5.74) is 5.80. The quantitative estimate of drug-likeness (QED) is 0.635. The van der Waals surface area contributed by atoms with Gasteiger partial charge in [0.05, 0.1) is 6.04 Å². The molecule has 100 valence electrons. The molecule has 1 amide bonds. The first-order chi connectivity index (χ1) is 8.19. The number of hydrogen-bond acceptors (Lipinski definition) is 3. The predicted molar refractivity (Wildman–Crippen MR) is 70.8 cm³/mol. The van der Waals surface area contributed by atoms with E-state index in [1.807, 2.05) is 0 Å². The number of nitrogens with zero attached hydrogens (tertiary/aromatic N) is 1. The second-order valence-electron chi connectivity index (χ2n) is 4.90. The largest absolute Gasteiger partial charge is 0.353 e. The van der Waals surface area contributed by atoms with Crippen molar-refractivity contribution in [3.63, 3.8) is 0 Å². The van der Waals surface area contributed by atoms with Crippen LogP contribution in [0.4, 0.5) is 0 Å². The molecule has 4 heteroatoms. The van der Waals surface area contributed by atoms with Crippen molar-refractivity contribution in [2.45, 2.75) is 58.0 Å². The topological polar surface area (TPSA) is 58.4 Å². The van der Waals surface area contributed by atoms with Crippen molar-refractivity contribution < 1.29 is 4.79 Å². The Labute approximate surface area is 105 Å². The van der Waals surface area contributed by atoms with Crippen molar-refractivity contribution in [1.29, 1.82) is 0 Å². The molecule has 0 aromatic rings. The van der Waals surface area contributed by atoms with Gasteiger partial charge in [-0.25, -0.2) is 0 Å². The molecule has 1 atom stereocenters. The second kappa shape index (κ2) is 7.67. The maximum Gasteiger partial charge on any atom is 0.236 e. The van der Waals surface area contributed by atoms with Crippen LogP contribution in [-0.2, 0) is 4.79 Å². The van der Waals surface area contributed by atoms with Gasteiger partial charge in [0.1, 0.15) is 0 Å². The lowest BCUT2D eigenvalue weighted by Crippen LogP contribution is -2.43. The molecule has 0 radical (unpaired) electrons. The summed E-state index contributed by atoms with van der Waals surface area (Å²) in [5.74, 6) is 0.00491. The number of nitrogens with one attached hydrogen (secondary N) is 1. The number of nitrogens with two attached hydrogens (primary N) is 1. The predicted octanol–water partition coefficient (Wildman–Crippen LogP) is 1.10.